The molecule has 0 spiro atoms. The van der Waals surface area contributed by atoms with Crippen LogP contribution in [0.2, 0.25) is 0 Å². The number of fused-ring (bicyclic) bond motifs is 2. The van der Waals surface area contributed by atoms with Crippen molar-refractivity contribution in [3.63, 3.8) is 0 Å². The minimum Gasteiger partial charge on any atom is -0.493 e. The number of rotatable bonds is 10. The normalized spacial score (nSPS) is 11.4. The highest BCUT2D eigenvalue weighted by atomic mass is 79.9. The summed E-state index contributed by atoms with van der Waals surface area (Å²) >= 11 is 3.45. The number of ether oxygens (including phenoxy) is 3. The molecule has 1 aromatic heterocycles. The average molecular weight is 601 g/mol. The zero-order valence-electron chi connectivity index (χ0n) is 22.7. The predicted octanol–water partition coefficient (Wildman–Crippen LogP) is 7.13. The Morgan fingerprint density at radius 2 is 1.70 bits per heavy atom. The summed E-state index contributed by atoms with van der Waals surface area (Å²) in [5.74, 6) is 2.11. The van der Waals surface area contributed by atoms with Crippen LogP contribution < -0.4 is 19.8 Å². The molecule has 5 rings (SSSR count). The van der Waals surface area contributed by atoms with Crippen molar-refractivity contribution in [2.45, 2.75) is 32.8 Å². The van der Waals surface area contributed by atoms with Gasteiger partial charge in [-0.05, 0) is 53.1 Å². The summed E-state index contributed by atoms with van der Waals surface area (Å²) in [5, 5.41) is 7.35. The second-order valence-electron chi connectivity index (χ2n) is 9.34. The highest BCUT2D eigenvalue weighted by Crippen LogP contribution is 2.39. The largest absolute Gasteiger partial charge is 0.493 e. The van der Waals surface area contributed by atoms with Crippen LogP contribution in [0.3, 0.4) is 0 Å². The van der Waals surface area contributed by atoms with Crippen LogP contribution in [0.5, 0.6) is 17.2 Å². The van der Waals surface area contributed by atoms with Crippen molar-refractivity contribution < 1.29 is 14.2 Å². The van der Waals surface area contributed by atoms with E-state index >= 15 is 0 Å². The lowest BCUT2D eigenvalue weighted by Gasteiger charge is -2.16. The van der Waals surface area contributed by atoms with Crippen LogP contribution in [0.15, 0.2) is 87.2 Å². The molecular weight excluding hydrogens is 570 g/mol. The molecule has 204 valence electrons. The van der Waals surface area contributed by atoms with Crippen LogP contribution in [-0.2, 0) is 13.0 Å². The minimum atomic E-state index is -0.220. The van der Waals surface area contributed by atoms with E-state index in [4.69, 9.17) is 19.2 Å². The first-order chi connectivity index (χ1) is 19.5. The van der Waals surface area contributed by atoms with Gasteiger partial charge in [0.25, 0.3) is 5.56 Å². The van der Waals surface area contributed by atoms with E-state index in [2.05, 4.69) is 46.2 Å². The fourth-order valence-electron chi connectivity index (χ4n) is 4.62. The fraction of sp³-hybridized carbons (Fsp3) is 0.219. The molecule has 7 nitrogen and oxygen atoms in total. The number of aromatic nitrogens is 2. The molecule has 0 aliphatic rings. The van der Waals surface area contributed by atoms with Crippen molar-refractivity contribution in [1.82, 2.24) is 9.66 Å². The van der Waals surface area contributed by atoms with Crippen LogP contribution in [0, 0.1) is 0 Å². The molecule has 0 radical (unpaired) electrons. The van der Waals surface area contributed by atoms with Crippen LogP contribution in [0.25, 0.3) is 21.7 Å². The highest BCUT2D eigenvalue weighted by Gasteiger charge is 2.16. The maximum Gasteiger partial charge on any atom is 0.282 e. The fourth-order valence-corrected chi connectivity index (χ4v) is 4.98. The first-order valence-electron chi connectivity index (χ1n) is 13.1. The van der Waals surface area contributed by atoms with E-state index in [1.165, 1.54) is 4.68 Å². The molecule has 40 heavy (non-hydrogen) atoms. The van der Waals surface area contributed by atoms with Crippen molar-refractivity contribution in [3.05, 3.63) is 105 Å². The Morgan fingerprint density at radius 3 is 2.45 bits per heavy atom. The Kier molecular flexibility index (Phi) is 8.45. The van der Waals surface area contributed by atoms with Gasteiger partial charge in [0.15, 0.2) is 11.5 Å². The zero-order chi connectivity index (χ0) is 28.1. The topological polar surface area (TPSA) is 74.9 Å². The summed E-state index contributed by atoms with van der Waals surface area (Å²) < 4.78 is 19.8. The summed E-state index contributed by atoms with van der Waals surface area (Å²) in [5.41, 5.74) is 2.18. The zero-order valence-corrected chi connectivity index (χ0v) is 24.3. The lowest BCUT2D eigenvalue weighted by molar-refractivity contribution is 0.267. The highest BCUT2D eigenvalue weighted by molar-refractivity contribution is 9.10. The van der Waals surface area contributed by atoms with Gasteiger partial charge in [0, 0.05) is 16.5 Å². The molecule has 0 fully saturated rings. The lowest BCUT2D eigenvalue weighted by atomic mass is 10.1. The molecule has 4 aromatic carbocycles. The van der Waals surface area contributed by atoms with E-state index in [1.807, 2.05) is 48.5 Å². The van der Waals surface area contributed by atoms with Gasteiger partial charge < -0.3 is 14.2 Å². The second-order valence-corrected chi connectivity index (χ2v) is 10.3. The Labute approximate surface area is 241 Å². The van der Waals surface area contributed by atoms with Crippen molar-refractivity contribution in [1.29, 1.82) is 0 Å². The third-order valence-electron chi connectivity index (χ3n) is 6.69. The number of unbranched alkanes of at least 4 members (excludes halogenated alkanes) is 1. The van der Waals surface area contributed by atoms with Gasteiger partial charge in [0.05, 0.1) is 31.3 Å². The number of aryl methyl sites for hydroxylation is 1. The Balaban J connectivity index is 1.49. The summed E-state index contributed by atoms with van der Waals surface area (Å²) in [6, 6.07) is 23.5. The molecule has 0 unspecified atom stereocenters. The van der Waals surface area contributed by atoms with Crippen molar-refractivity contribution in [2.75, 3.05) is 14.2 Å². The smallest absolute Gasteiger partial charge is 0.282 e. The molecular formula is C32H30BrN3O4. The van der Waals surface area contributed by atoms with Gasteiger partial charge in [0.2, 0.25) is 5.75 Å². The molecule has 0 atom stereocenters. The Hall–Kier alpha value is -4.17. The SMILES string of the molecule is CCCCc1nc2ccc(Br)cc2c(=O)n1N=Cc1cc(OC)c(OCc2cccc3ccccc23)c(OC)c1. The first-order valence-corrected chi connectivity index (χ1v) is 13.9. The summed E-state index contributed by atoms with van der Waals surface area (Å²) in [6.45, 7) is 2.45. The molecule has 0 saturated heterocycles. The van der Waals surface area contributed by atoms with Crippen molar-refractivity contribution >= 4 is 43.8 Å². The molecule has 0 bridgehead atoms. The van der Waals surface area contributed by atoms with Crippen LogP contribution in [0.1, 0.15) is 36.7 Å². The number of nitrogens with zero attached hydrogens (tertiary/aromatic N) is 3. The Morgan fingerprint density at radius 1 is 0.950 bits per heavy atom. The van der Waals surface area contributed by atoms with Crippen LogP contribution in [0.4, 0.5) is 0 Å². The quantitative estimate of drug-likeness (QED) is 0.160. The van der Waals surface area contributed by atoms with Gasteiger partial charge in [-0.3, -0.25) is 4.79 Å². The van der Waals surface area contributed by atoms with Crippen LogP contribution in [-0.4, -0.2) is 30.1 Å². The van der Waals surface area contributed by atoms with E-state index in [9.17, 15) is 4.79 Å². The third kappa shape index (κ3) is 5.72. The van der Waals surface area contributed by atoms with Gasteiger partial charge >= 0.3 is 0 Å². The van der Waals surface area contributed by atoms with Crippen LogP contribution >= 0.6 is 15.9 Å². The van der Waals surface area contributed by atoms with E-state index in [0.29, 0.717) is 52.6 Å². The number of methoxy groups -OCH3 is 2. The van der Waals surface area contributed by atoms with Crippen molar-refractivity contribution in [2.24, 2.45) is 5.10 Å². The number of hydrogen-bond acceptors (Lipinski definition) is 6. The molecule has 0 aliphatic carbocycles. The number of benzene rings is 4. The van der Waals surface area contributed by atoms with Gasteiger partial charge in [-0.15, -0.1) is 0 Å². The maximum atomic E-state index is 13.4. The number of hydrogen-bond donors (Lipinski definition) is 0. The molecule has 1 heterocycles. The van der Waals surface area contributed by atoms with Gasteiger partial charge in [0.1, 0.15) is 12.4 Å². The van der Waals surface area contributed by atoms with E-state index in [0.717, 1.165) is 33.7 Å². The molecule has 5 aromatic rings. The van der Waals surface area contributed by atoms with Crippen molar-refractivity contribution in [3.8, 4) is 17.2 Å². The Bertz CT molecular complexity index is 1730. The standard InChI is InChI=1S/C32H30BrN3O4/c1-4-5-13-30-35-27-15-14-24(33)18-26(27)32(37)36(30)34-19-21-16-28(38-2)31(29(17-21)39-3)40-20-23-11-8-10-22-9-6-7-12-25(22)23/h6-12,14-19H,4-5,13,20H2,1-3H3. The van der Waals surface area contributed by atoms with Gasteiger partial charge in [-0.1, -0.05) is 71.7 Å². The number of halogens is 1. The average Bonchev–Trinajstić information content (AvgIpc) is 2.98. The molecule has 0 amide bonds. The van der Waals surface area contributed by atoms with Gasteiger partial charge in [-0.2, -0.15) is 9.78 Å². The molecule has 0 N–H and O–H groups in total. The van der Waals surface area contributed by atoms with E-state index in [-0.39, 0.29) is 5.56 Å². The maximum absolute atomic E-state index is 13.4. The minimum absolute atomic E-state index is 0.220. The third-order valence-corrected chi connectivity index (χ3v) is 7.18. The summed E-state index contributed by atoms with van der Waals surface area (Å²) in [4.78, 5) is 18.2. The molecule has 0 aliphatic heterocycles. The lowest BCUT2D eigenvalue weighted by Crippen LogP contribution is -2.22. The summed E-state index contributed by atoms with van der Waals surface area (Å²) in [6.07, 6.45) is 4.13. The van der Waals surface area contributed by atoms with Gasteiger partial charge in [-0.25, -0.2) is 4.98 Å². The summed E-state index contributed by atoms with van der Waals surface area (Å²) in [7, 11) is 3.16. The molecule has 0 saturated carbocycles. The molecule has 8 heteroatoms. The van der Waals surface area contributed by atoms with E-state index in [1.54, 1.807) is 26.5 Å². The monoisotopic (exact) mass is 599 g/mol. The first kappa shape index (κ1) is 27.4. The predicted molar refractivity (Wildman–Crippen MR) is 163 cm³/mol. The van der Waals surface area contributed by atoms with E-state index < -0.39 is 0 Å². The second kappa shape index (κ2) is 12.3.